The molecule has 0 aliphatic carbocycles. The summed E-state index contributed by atoms with van der Waals surface area (Å²) in [5, 5.41) is 0. The molecule has 8 nitrogen and oxygen atoms in total. The Balaban J connectivity index is 2.11. The Morgan fingerprint density at radius 1 is 1.40 bits per heavy atom. The van der Waals surface area contributed by atoms with Crippen LogP contribution in [0.4, 0.5) is 0 Å². The number of nitrogens with one attached hydrogen (secondary N) is 1. The van der Waals surface area contributed by atoms with Crippen molar-refractivity contribution in [2.45, 2.75) is 19.3 Å². The highest BCUT2D eigenvalue weighted by Crippen LogP contribution is 2.19. The van der Waals surface area contributed by atoms with Crippen molar-refractivity contribution in [2.75, 3.05) is 12.9 Å². The van der Waals surface area contributed by atoms with E-state index in [2.05, 4.69) is 9.17 Å². The number of hydrogen-bond acceptors (Lipinski definition) is 6. The quantitative estimate of drug-likeness (QED) is 0.580. The maximum atomic E-state index is 11.7. The summed E-state index contributed by atoms with van der Waals surface area (Å²) in [6.45, 7) is 1.40. The second-order valence-corrected chi connectivity index (χ2v) is 6.06. The molecule has 0 fully saturated rings. The molecule has 0 aromatic carbocycles. The van der Waals surface area contributed by atoms with Crippen molar-refractivity contribution < 1.29 is 17.3 Å². The molecular weight excluding hydrogens is 288 g/mol. The minimum Gasteiger partial charge on any atom is -0.344 e. The molecule has 2 unspecified atom stereocenters. The van der Waals surface area contributed by atoms with Crippen LogP contribution < -0.4 is 11.2 Å². The van der Waals surface area contributed by atoms with Crippen LogP contribution >= 0.6 is 0 Å². The van der Waals surface area contributed by atoms with Gasteiger partial charge in [0.15, 0.2) is 6.23 Å². The normalized spacial score (nSPS) is 22.3. The minimum absolute atomic E-state index is 0.164. The van der Waals surface area contributed by atoms with E-state index in [-0.39, 0.29) is 6.61 Å². The third-order valence-corrected chi connectivity index (χ3v) is 3.24. The molecule has 9 heteroatoms. The lowest BCUT2D eigenvalue weighted by molar-refractivity contribution is -0.00428. The lowest BCUT2D eigenvalue weighted by Crippen LogP contribution is -2.33. The summed E-state index contributed by atoms with van der Waals surface area (Å²) < 4.78 is 33.1. The predicted octanol–water partition coefficient (Wildman–Crippen LogP) is -0.725. The second kappa shape index (κ2) is 5.35. The molecule has 1 N–H and O–H groups in total. The Morgan fingerprint density at radius 2 is 2.10 bits per heavy atom. The zero-order valence-corrected chi connectivity index (χ0v) is 11.7. The van der Waals surface area contributed by atoms with Crippen molar-refractivity contribution in [2.24, 2.45) is 0 Å². The fourth-order valence-electron chi connectivity index (χ4n) is 1.71. The smallest absolute Gasteiger partial charge is 0.330 e. The van der Waals surface area contributed by atoms with Crippen molar-refractivity contribution in [3.05, 3.63) is 44.8 Å². The van der Waals surface area contributed by atoms with E-state index in [0.717, 1.165) is 6.26 Å². The van der Waals surface area contributed by atoms with Gasteiger partial charge in [-0.05, 0) is 13.0 Å². The van der Waals surface area contributed by atoms with Gasteiger partial charge in [0.2, 0.25) is 0 Å². The molecule has 1 aromatic rings. The van der Waals surface area contributed by atoms with Crippen LogP contribution in [-0.4, -0.2) is 36.9 Å². The molecule has 1 aromatic heterocycles. The highest BCUT2D eigenvalue weighted by molar-refractivity contribution is 7.85. The summed E-state index contributed by atoms with van der Waals surface area (Å²) in [5.74, 6) is 0. The van der Waals surface area contributed by atoms with Gasteiger partial charge < -0.3 is 4.74 Å². The highest BCUT2D eigenvalue weighted by Gasteiger charge is 2.23. The van der Waals surface area contributed by atoms with Crippen molar-refractivity contribution in [1.29, 1.82) is 0 Å². The molecule has 0 spiro atoms. The molecule has 2 rings (SSSR count). The number of aromatic nitrogens is 2. The molecule has 0 saturated carbocycles. The molecule has 0 radical (unpaired) electrons. The van der Waals surface area contributed by atoms with Gasteiger partial charge in [0, 0.05) is 11.8 Å². The van der Waals surface area contributed by atoms with Gasteiger partial charge in [0.1, 0.15) is 6.10 Å². The topological polar surface area (TPSA) is 107 Å². The summed E-state index contributed by atoms with van der Waals surface area (Å²) in [6.07, 6.45) is 4.24. The average Bonchev–Trinajstić information content (AvgIpc) is 2.79. The monoisotopic (exact) mass is 302 g/mol. The number of hydrogen-bond donors (Lipinski definition) is 1. The first kappa shape index (κ1) is 14.7. The van der Waals surface area contributed by atoms with E-state index in [0.29, 0.717) is 5.56 Å². The molecule has 2 heterocycles. The number of rotatable bonds is 4. The summed E-state index contributed by atoms with van der Waals surface area (Å²) >= 11 is 0. The van der Waals surface area contributed by atoms with Gasteiger partial charge in [-0.15, -0.1) is 0 Å². The Kier molecular flexibility index (Phi) is 3.93. The third-order valence-electron chi connectivity index (χ3n) is 2.67. The zero-order chi connectivity index (χ0) is 14.9. The molecular formula is C11H14N2O6S. The molecule has 2 atom stereocenters. The second-order valence-electron chi connectivity index (χ2n) is 4.42. The van der Waals surface area contributed by atoms with Gasteiger partial charge in [-0.1, -0.05) is 6.08 Å². The van der Waals surface area contributed by atoms with Gasteiger partial charge >= 0.3 is 5.69 Å². The van der Waals surface area contributed by atoms with E-state index < -0.39 is 33.7 Å². The summed E-state index contributed by atoms with van der Waals surface area (Å²) in [6, 6.07) is 0. The Bertz CT molecular complexity index is 745. The van der Waals surface area contributed by atoms with Crippen molar-refractivity contribution in [3.8, 4) is 0 Å². The first-order valence-electron chi connectivity index (χ1n) is 5.76. The Labute approximate surface area is 114 Å². The number of aromatic amines is 1. The van der Waals surface area contributed by atoms with Crippen LogP contribution in [0.3, 0.4) is 0 Å². The van der Waals surface area contributed by atoms with Crippen LogP contribution in [0.15, 0.2) is 27.9 Å². The maximum absolute atomic E-state index is 11.7. The standard InChI is InChI=1S/C11H14N2O6S/c1-7-5-13(11(15)12-10(7)14)9-4-3-8(19-9)6-18-20(2,16)17/h3-5,8-9H,6H2,1-2H3,(H,12,14,15). The number of H-pyrrole nitrogens is 1. The number of nitrogens with zero attached hydrogens (tertiary/aromatic N) is 1. The SMILES string of the molecule is Cc1cn(C2C=CC(COS(C)(=O)=O)O2)c(=O)[nH]c1=O. The van der Waals surface area contributed by atoms with Gasteiger partial charge in [0.05, 0.1) is 12.9 Å². The Hall–Kier alpha value is -1.71. The highest BCUT2D eigenvalue weighted by atomic mass is 32.2. The molecule has 0 saturated heterocycles. The molecule has 0 bridgehead atoms. The van der Waals surface area contributed by atoms with Gasteiger partial charge in [-0.2, -0.15) is 8.42 Å². The van der Waals surface area contributed by atoms with Crippen LogP contribution in [0.1, 0.15) is 11.8 Å². The van der Waals surface area contributed by atoms with Crippen LogP contribution in [0.5, 0.6) is 0 Å². The van der Waals surface area contributed by atoms with E-state index >= 15 is 0 Å². The van der Waals surface area contributed by atoms with Crippen molar-refractivity contribution >= 4 is 10.1 Å². The third kappa shape index (κ3) is 3.44. The van der Waals surface area contributed by atoms with Crippen molar-refractivity contribution in [3.63, 3.8) is 0 Å². The minimum atomic E-state index is -3.54. The first-order chi connectivity index (χ1) is 9.26. The average molecular weight is 302 g/mol. The predicted molar refractivity (Wildman–Crippen MR) is 69.9 cm³/mol. The Morgan fingerprint density at radius 3 is 2.75 bits per heavy atom. The van der Waals surface area contributed by atoms with E-state index in [1.54, 1.807) is 19.1 Å². The van der Waals surface area contributed by atoms with E-state index in [1.165, 1.54) is 10.8 Å². The largest absolute Gasteiger partial charge is 0.344 e. The fraction of sp³-hybridized carbons (Fsp3) is 0.455. The maximum Gasteiger partial charge on any atom is 0.330 e. The van der Waals surface area contributed by atoms with E-state index in [9.17, 15) is 18.0 Å². The molecule has 20 heavy (non-hydrogen) atoms. The van der Waals surface area contributed by atoms with Crippen LogP contribution in [0.2, 0.25) is 0 Å². The molecule has 1 aliphatic heterocycles. The van der Waals surface area contributed by atoms with E-state index in [4.69, 9.17) is 4.74 Å². The summed E-state index contributed by atoms with van der Waals surface area (Å²) in [5.41, 5.74) is -0.678. The zero-order valence-electron chi connectivity index (χ0n) is 10.9. The van der Waals surface area contributed by atoms with Gasteiger partial charge in [-0.25, -0.2) is 4.79 Å². The van der Waals surface area contributed by atoms with Crippen LogP contribution in [0.25, 0.3) is 0 Å². The summed E-state index contributed by atoms with van der Waals surface area (Å²) in [4.78, 5) is 25.1. The first-order valence-corrected chi connectivity index (χ1v) is 7.58. The number of ether oxygens (including phenoxy) is 1. The lowest BCUT2D eigenvalue weighted by Gasteiger charge is -2.16. The van der Waals surface area contributed by atoms with E-state index in [1.807, 2.05) is 0 Å². The van der Waals surface area contributed by atoms with Gasteiger partial charge in [-0.3, -0.25) is 18.5 Å². The van der Waals surface area contributed by atoms with Crippen LogP contribution in [0, 0.1) is 6.92 Å². The van der Waals surface area contributed by atoms with Crippen molar-refractivity contribution in [1.82, 2.24) is 9.55 Å². The molecule has 110 valence electrons. The van der Waals surface area contributed by atoms with Crippen LogP contribution in [-0.2, 0) is 19.0 Å². The fourth-order valence-corrected chi connectivity index (χ4v) is 2.09. The molecule has 1 aliphatic rings. The molecule has 0 amide bonds. The number of aryl methyl sites for hydroxylation is 1. The van der Waals surface area contributed by atoms with Gasteiger partial charge in [0.25, 0.3) is 15.7 Å². The lowest BCUT2D eigenvalue weighted by atomic mass is 10.3. The summed E-state index contributed by atoms with van der Waals surface area (Å²) in [7, 11) is -3.54.